The standard InChI is InChI=1S/C24H33N7O3/c1-4-12-34-13-10-19-14-21-29(3)24(33)20(9-11-31(21)27-19)26-23(32)22-25-16-30(28-22)15-18-8-6-5-7-17(18)2/h5-6,8,14,16-17,20H,4,7,9-13,15H2,1-3H3,(H,26,32)/t17?,20-/m0/s1. The summed E-state index contributed by atoms with van der Waals surface area (Å²) in [4.78, 5) is 31.6. The molecule has 2 aromatic heterocycles. The van der Waals surface area contributed by atoms with Crippen molar-refractivity contribution in [2.75, 3.05) is 25.2 Å². The van der Waals surface area contributed by atoms with Crippen molar-refractivity contribution in [2.45, 2.75) is 58.7 Å². The lowest BCUT2D eigenvalue weighted by atomic mass is 9.93. The molecule has 182 valence electrons. The second-order valence-corrected chi connectivity index (χ2v) is 8.86. The minimum Gasteiger partial charge on any atom is -0.381 e. The summed E-state index contributed by atoms with van der Waals surface area (Å²) in [7, 11) is 1.71. The Hall–Kier alpha value is -3.27. The highest BCUT2D eigenvalue weighted by Gasteiger charge is 2.31. The number of likely N-dealkylation sites (N-methyl/N-ethyl adjacent to an activating group) is 1. The van der Waals surface area contributed by atoms with Gasteiger partial charge < -0.3 is 10.1 Å². The van der Waals surface area contributed by atoms with Gasteiger partial charge in [0.25, 0.3) is 11.8 Å². The van der Waals surface area contributed by atoms with E-state index in [1.807, 2.05) is 16.8 Å². The molecular formula is C24H33N7O3. The number of carbonyl (C=O) groups excluding carboxylic acids is 2. The van der Waals surface area contributed by atoms with E-state index in [1.54, 1.807) is 23.0 Å². The molecule has 0 bridgehead atoms. The third-order valence-corrected chi connectivity index (χ3v) is 6.22. The molecule has 0 radical (unpaired) electrons. The first-order valence-corrected chi connectivity index (χ1v) is 11.9. The lowest BCUT2D eigenvalue weighted by Crippen LogP contribution is -2.47. The third kappa shape index (κ3) is 5.44. The molecule has 2 aliphatic rings. The molecule has 10 heteroatoms. The van der Waals surface area contributed by atoms with Crippen molar-refractivity contribution in [3.8, 4) is 0 Å². The molecule has 1 N–H and O–H groups in total. The number of nitrogens with one attached hydrogen (secondary N) is 1. The van der Waals surface area contributed by atoms with Crippen LogP contribution in [0.4, 0.5) is 5.82 Å². The first-order valence-electron chi connectivity index (χ1n) is 11.9. The van der Waals surface area contributed by atoms with Crippen molar-refractivity contribution >= 4 is 17.6 Å². The third-order valence-electron chi connectivity index (χ3n) is 6.22. The van der Waals surface area contributed by atoms with Gasteiger partial charge >= 0.3 is 0 Å². The zero-order valence-corrected chi connectivity index (χ0v) is 20.1. The fourth-order valence-corrected chi connectivity index (χ4v) is 4.18. The summed E-state index contributed by atoms with van der Waals surface area (Å²) < 4.78 is 9.03. The summed E-state index contributed by atoms with van der Waals surface area (Å²) in [6.45, 7) is 6.69. The molecule has 2 aromatic rings. The molecule has 1 aliphatic heterocycles. The maximum Gasteiger partial charge on any atom is 0.291 e. The molecule has 3 heterocycles. The normalized spacial score (nSPS) is 20.1. The smallest absolute Gasteiger partial charge is 0.291 e. The van der Waals surface area contributed by atoms with Gasteiger partial charge in [0, 0.05) is 32.7 Å². The zero-order chi connectivity index (χ0) is 24.1. The van der Waals surface area contributed by atoms with Crippen molar-refractivity contribution in [1.82, 2.24) is 29.9 Å². The van der Waals surface area contributed by atoms with Gasteiger partial charge in [-0.05, 0) is 30.8 Å². The van der Waals surface area contributed by atoms with Gasteiger partial charge in [0.05, 0.1) is 18.8 Å². The number of amides is 2. The molecule has 0 spiro atoms. The molecular weight excluding hydrogens is 434 g/mol. The molecule has 0 aromatic carbocycles. The molecule has 34 heavy (non-hydrogen) atoms. The van der Waals surface area contributed by atoms with Gasteiger partial charge in [-0.15, -0.1) is 5.10 Å². The Morgan fingerprint density at radius 1 is 1.29 bits per heavy atom. The van der Waals surface area contributed by atoms with Gasteiger partial charge in [-0.2, -0.15) is 5.10 Å². The van der Waals surface area contributed by atoms with Crippen LogP contribution in [0.15, 0.2) is 36.2 Å². The summed E-state index contributed by atoms with van der Waals surface area (Å²) in [6.07, 6.45) is 10.9. The molecule has 0 saturated carbocycles. The number of rotatable bonds is 9. The van der Waals surface area contributed by atoms with Gasteiger partial charge in [-0.1, -0.05) is 32.1 Å². The van der Waals surface area contributed by atoms with Crippen molar-refractivity contribution in [2.24, 2.45) is 5.92 Å². The van der Waals surface area contributed by atoms with E-state index in [-0.39, 0.29) is 11.7 Å². The SMILES string of the molecule is CCCOCCc1cc2n(n1)CC[C@H](NC(=O)c1ncn(CC3=CC=CCC3C)n1)C(=O)N2C. The number of carbonyl (C=O) groups is 2. The van der Waals surface area contributed by atoms with E-state index in [0.29, 0.717) is 38.5 Å². The minimum atomic E-state index is -0.673. The number of fused-ring (bicyclic) bond motifs is 1. The fraction of sp³-hybridized carbons (Fsp3) is 0.542. The molecule has 2 amide bonds. The average Bonchev–Trinajstić information content (AvgIpc) is 3.45. The highest BCUT2D eigenvalue weighted by molar-refractivity contribution is 6.00. The van der Waals surface area contributed by atoms with E-state index in [9.17, 15) is 9.59 Å². The minimum absolute atomic E-state index is 0.0615. The zero-order valence-electron chi connectivity index (χ0n) is 20.1. The monoisotopic (exact) mass is 467 g/mol. The number of aryl methyl sites for hydroxylation is 1. The topological polar surface area (TPSA) is 107 Å². The lowest BCUT2D eigenvalue weighted by Gasteiger charge is -2.20. The fourth-order valence-electron chi connectivity index (χ4n) is 4.18. The van der Waals surface area contributed by atoms with Gasteiger partial charge in [-0.3, -0.25) is 14.5 Å². The number of aromatic nitrogens is 5. The van der Waals surface area contributed by atoms with Crippen LogP contribution in [0.2, 0.25) is 0 Å². The summed E-state index contributed by atoms with van der Waals surface area (Å²) in [6, 6.07) is 1.24. The van der Waals surface area contributed by atoms with E-state index >= 15 is 0 Å². The molecule has 1 aliphatic carbocycles. The predicted octanol–water partition coefficient (Wildman–Crippen LogP) is 2.13. The predicted molar refractivity (Wildman–Crippen MR) is 127 cm³/mol. The van der Waals surface area contributed by atoms with E-state index in [2.05, 4.69) is 46.5 Å². The lowest BCUT2D eigenvalue weighted by molar-refractivity contribution is -0.120. The van der Waals surface area contributed by atoms with Gasteiger partial charge in [0.15, 0.2) is 0 Å². The summed E-state index contributed by atoms with van der Waals surface area (Å²) >= 11 is 0. The van der Waals surface area contributed by atoms with Crippen LogP contribution >= 0.6 is 0 Å². The molecule has 2 atom stereocenters. The van der Waals surface area contributed by atoms with Crippen LogP contribution < -0.4 is 10.2 Å². The summed E-state index contributed by atoms with van der Waals surface area (Å²) in [5.74, 6) is 0.573. The Morgan fingerprint density at radius 3 is 2.94 bits per heavy atom. The van der Waals surface area contributed by atoms with Crippen molar-refractivity contribution in [1.29, 1.82) is 0 Å². The number of ether oxygens (including phenoxy) is 1. The first-order chi connectivity index (χ1) is 16.5. The maximum atomic E-state index is 13.1. The van der Waals surface area contributed by atoms with Crippen LogP contribution in [0.3, 0.4) is 0 Å². The van der Waals surface area contributed by atoms with Gasteiger partial charge in [-0.25, -0.2) is 14.3 Å². The van der Waals surface area contributed by atoms with Crippen LogP contribution in [0.5, 0.6) is 0 Å². The summed E-state index contributed by atoms with van der Waals surface area (Å²) in [5, 5.41) is 11.8. The second-order valence-electron chi connectivity index (χ2n) is 8.86. The van der Waals surface area contributed by atoms with Crippen LogP contribution in [-0.2, 0) is 29.0 Å². The van der Waals surface area contributed by atoms with Crippen LogP contribution in [0.1, 0.15) is 49.4 Å². The quantitative estimate of drug-likeness (QED) is 0.566. The van der Waals surface area contributed by atoms with Gasteiger partial charge in [0.2, 0.25) is 5.82 Å². The van der Waals surface area contributed by atoms with Crippen molar-refractivity contribution < 1.29 is 14.3 Å². The van der Waals surface area contributed by atoms with E-state index in [4.69, 9.17) is 4.74 Å². The number of allylic oxidation sites excluding steroid dienone is 4. The number of hydrogen-bond donors (Lipinski definition) is 1. The Labute approximate surface area is 199 Å². The number of hydrogen-bond acceptors (Lipinski definition) is 6. The summed E-state index contributed by atoms with van der Waals surface area (Å²) in [5.41, 5.74) is 2.13. The van der Waals surface area contributed by atoms with Crippen molar-refractivity contribution in [3.05, 3.63) is 47.7 Å². The highest BCUT2D eigenvalue weighted by Crippen LogP contribution is 2.22. The Bertz CT molecular complexity index is 1080. The molecule has 10 nitrogen and oxygen atoms in total. The molecule has 1 unspecified atom stereocenters. The van der Waals surface area contributed by atoms with Gasteiger partial charge in [0.1, 0.15) is 18.2 Å². The largest absolute Gasteiger partial charge is 0.381 e. The van der Waals surface area contributed by atoms with Crippen LogP contribution in [-0.4, -0.2) is 62.7 Å². The van der Waals surface area contributed by atoms with E-state index < -0.39 is 11.9 Å². The second kappa shape index (κ2) is 10.8. The van der Waals surface area contributed by atoms with Crippen LogP contribution in [0, 0.1) is 5.92 Å². The maximum absolute atomic E-state index is 13.1. The van der Waals surface area contributed by atoms with E-state index in [0.717, 1.165) is 31.0 Å². The molecule has 0 fully saturated rings. The van der Waals surface area contributed by atoms with Crippen LogP contribution in [0.25, 0.3) is 0 Å². The molecule has 4 rings (SSSR count). The van der Waals surface area contributed by atoms with Crippen molar-refractivity contribution in [3.63, 3.8) is 0 Å². The average molecular weight is 468 g/mol. The Morgan fingerprint density at radius 2 is 2.15 bits per heavy atom. The molecule has 0 saturated heterocycles. The Kier molecular flexibility index (Phi) is 7.56. The van der Waals surface area contributed by atoms with E-state index in [1.165, 1.54) is 5.57 Å². The highest BCUT2D eigenvalue weighted by atomic mass is 16.5. The number of anilines is 1. The number of nitrogens with zero attached hydrogens (tertiary/aromatic N) is 6. The Balaban J connectivity index is 1.36. The first kappa shape index (κ1) is 23.9.